The number of esters is 1. The fourth-order valence-electron chi connectivity index (χ4n) is 2.68. The molecule has 1 rings (SSSR count). The van der Waals surface area contributed by atoms with Crippen LogP contribution in [0.1, 0.15) is 59.8 Å². The standard InChI is InChI=1S/C14H25NO4/c1-12(2,3)19-11(18)14(15,10(16)17)9-13(4)7-5-6-8-13/h5-9,15H2,1-4H3,(H,16,17). The van der Waals surface area contributed by atoms with Gasteiger partial charge in [0.2, 0.25) is 5.54 Å². The topological polar surface area (TPSA) is 89.6 Å². The van der Waals surface area contributed by atoms with Crippen LogP contribution in [0.2, 0.25) is 0 Å². The zero-order valence-corrected chi connectivity index (χ0v) is 12.3. The molecular formula is C14H25NO4. The first kappa shape index (κ1) is 16.0. The molecule has 1 unspecified atom stereocenters. The summed E-state index contributed by atoms with van der Waals surface area (Å²) in [5.41, 5.74) is 3.00. The first-order valence-corrected chi connectivity index (χ1v) is 6.74. The second-order valence-electron chi connectivity index (χ2n) is 6.97. The monoisotopic (exact) mass is 271 g/mol. The number of hydrogen-bond acceptors (Lipinski definition) is 4. The van der Waals surface area contributed by atoms with Crippen molar-refractivity contribution < 1.29 is 19.4 Å². The van der Waals surface area contributed by atoms with Crippen molar-refractivity contribution in [1.29, 1.82) is 0 Å². The van der Waals surface area contributed by atoms with Crippen LogP contribution >= 0.6 is 0 Å². The van der Waals surface area contributed by atoms with E-state index in [2.05, 4.69) is 0 Å². The molecule has 3 N–H and O–H groups in total. The van der Waals surface area contributed by atoms with Crippen LogP contribution in [0.15, 0.2) is 0 Å². The van der Waals surface area contributed by atoms with E-state index in [1.807, 2.05) is 6.92 Å². The highest BCUT2D eigenvalue weighted by Gasteiger charge is 2.50. The number of ether oxygens (including phenoxy) is 1. The molecule has 5 heteroatoms. The molecule has 0 amide bonds. The number of hydrogen-bond donors (Lipinski definition) is 2. The molecule has 1 aliphatic rings. The quantitative estimate of drug-likeness (QED) is 0.603. The highest BCUT2D eigenvalue weighted by Crippen LogP contribution is 2.43. The van der Waals surface area contributed by atoms with E-state index in [4.69, 9.17) is 10.5 Å². The first-order valence-electron chi connectivity index (χ1n) is 6.74. The van der Waals surface area contributed by atoms with E-state index in [0.717, 1.165) is 25.7 Å². The Morgan fingerprint density at radius 1 is 1.26 bits per heavy atom. The maximum absolute atomic E-state index is 12.1. The van der Waals surface area contributed by atoms with Crippen molar-refractivity contribution in [3.8, 4) is 0 Å². The Balaban J connectivity index is 2.91. The van der Waals surface area contributed by atoms with Gasteiger partial charge in [0.25, 0.3) is 0 Å². The third-order valence-electron chi connectivity index (χ3n) is 3.66. The van der Waals surface area contributed by atoms with Gasteiger partial charge in [-0.3, -0.25) is 0 Å². The van der Waals surface area contributed by atoms with E-state index in [9.17, 15) is 14.7 Å². The van der Waals surface area contributed by atoms with Crippen molar-refractivity contribution in [3.05, 3.63) is 0 Å². The lowest BCUT2D eigenvalue weighted by Crippen LogP contribution is -2.59. The average molecular weight is 271 g/mol. The van der Waals surface area contributed by atoms with Crippen LogP contribution in [0.5, 0.6) is 0 Å². The summed E-state index contributed by atoms with van der Waals surface area (Å²) in [6, 6.07) is 0. The van der Waals surface area contributed by atoms with E-state index in [0.29, 0.717) is 0 Å². The highest BCUT2D eigenvalue weighted by molar-refractivity contribution is 6.04. The van der Waals surface area contributed by atoms with Gasteiger partial charge in [0.1, 0.15) is 5.60 Å². The Labute approximate surface area is 114 Å². The minimum atomic E-state index is -1.95. The molecular weight excluding hydrogens is 246 g/mol. The lowest BCUT2D eigenvalue weighted by Gasteiger charge is -2.34. The molecule has 0 spiro atoms. The second kappa shape index (κ2) is 5.12. The third-order valence-corrected chi connectivity index (χ3v) is 3.66. The highest BCUT2D eigenvalue weighted by atomic mass is 16.6. The van der Waals surface area contributed by atoms with Crippen LogP contribution < -0.4 is 5.73 Å². The van der Waals surface area contributed by atoms with Crippen molar-refractivity contribution in [1.82, 2.24) is 0 Å². The van der Waals surface area contributed by atoms with Crippen LogP contribution in [0.4, 0.5) is 0 Å². The van der Waals surface area contributed by atoms with E-state index in [1.165, 1.54) is 0 Å². The van der Waals surface area contributed by atoms with Crippen molar-refractivity contribution in [2.75, 3.05) is 0 Å². The molecule has 5 nitrogen and oxygen atoms in total. The van der Waals surface area contributed by atoms with Crippen molar-refractivity contribution in [2.24, 2.45) is 11.1 Å². The van der Waals surface area contributed by atoms with Gasteiger partial charge in [0.05, 0.1) is 0 Å². The Hall–Kier alpha value is -1.10. The molecule has 0 bridgehead atoms. The largest absolute Gasteiger partial charge is 0.479 e. The Kier molecular flexibility index (Phi) is 4.30. The van der Waals surface area contributed by atoms with E-state index in [-0.39, 0.29) is 11.8 Å². The van der Waals surface area contributed by atoms with Crippen molar-refractivity contribution >= 4 is 11.9 Å². The summed E-state index contributed by atoms with van der Waals surface area (Å²) in [6.07, 6.45) is 4.05. The Morgan fingerprint density at radius 3 is 2.11 bits per heavy atom. The van der Waals surface area contributed by atoms with Gasteiger partial charge < -0.3 is 15.6 Å². The van der Waals surface area contributed by atoms with Gasteiger partial charge in [-0.1, -0.05) is 19.8 Å². The minimum Gasteiger partial charge on any atom is -0.479 e. The molecule has 1 saturated carbocycles. The lowest BCUT2D eigenvalue weighted by atomic mass is 9.76. The molecule has 0 aromatic carbocycles. The summed E-state index contributed by atoms with van der Waals surface area (Å²) in [6.45, 7) is 7.09. The van der Waals surface area contributed by atoms with Crippen LogP contribution in [-0.4, -0.2) is 28.2 Å². The molecule has 1 aliphatic carbocycles. The van der Waals surface area contributed by atoms with E-state index < -0.39 is 23.1 Å². The Morgan fingerprint density at radius 2 is 1.74 bits per heavy atom. The molecule has 0 heterocycles. The van der Waals surface area contributed by atoms with Crippen LogP contribution in [-0.2, 0) is 14.3 Å². The summed E-state index contributed by atoms with van der Waals surface area (Å²) in [4.78, 5) is 23.6. The number of carbonyl (C=O) groups is 2. The van der Waals surface area contributed by atoms with Crippen LogP contribution in [0.25, 0.3) is 0 Å². The number of nitrogens with two attached hydrogens (primary N) is 1. The maximum Gasteiger partial charge on any atom is 0.338 e. The Bertz CT molecular complexity index is 366. The predicted octanol–water partition coefficient (Wildman–Crippen LogP) is 2.08. The number of aliphatic carboxylic acids is 1. The maximum atomic E-state index is 12.1. The number of rotatable bonds is 4. The summed E-state index contributed by atoms with van der Waals surface area (Å²) in [5.74, 6) is -2.16. The van der Waals surface area contributed by atoms with Gasteiger partial charge in [-0.2, -0.15) is 0 Å². The zero-order chi connectivity index (χ0) is 14.9. The smallest absolute Gasteiger partial charge is 0.338 e. The first-order chi connectivity index (χ1) is 8.49. The number of carbonyl (C=O) groups excluding carboxylic acids is 1. The fourth-order valence-corrected chi connectivity index (χ4v) is 2.68. The summed E-state index contributed by atoms with van der Waals surface area (Å²) in [5, 5.41) is 9.35. The van der Waals surface area contributed by atoms with Crippen LogP contribution in [0, 0.1) is 5.41 Å². The van der Waals surface area contributed by atoms with Gasteiger partial charge in [0.15, 0.2) is 0 Å². The molecule has 0 aromatic heterocycles. The third kappa shape index (κ3) is 3.93. The SMILES string of the molecule is CC1(CC(N)(C(=O)O)C(=O)OC(C)(C)C)CCCC1. The predicted molar refractivity (Wildman–Crippen MR) is 71.6 cm³/mol. The normalized spacial score (nSPS) is 21.7. The van der Waals surface area contributed by atoms with Gasteiger partial charge in [-0.15, -0.1) is 0 Å². The lowest BCUT2D eigenvalue weighted by molar-refractivity contribution is -0.171. The van der Waals surface area contributed by atoms with Gasteiger partial charge in [0, 0.05) is 0 Å². The van der Waals surface area contributed by atoms with Crippen molar-refractivity contribution in [2.45, 2.75) is 70.9 Å². The molecule has 0 aliphatic heterocycles. The molecule has 1 atom stereocenters. The average Bonchev–Trinajstić information content (AvgIpc) is 2.61. The zero-order valence-electron chi connectivity index (χ0n) is 12.3. The molecule has 1 fully saturated rings. The molecule has 0 radical (unpaired) electrons. The summed E-state index contributed by atoms with van der Waals surface area (Å²) >= 11 is 0. The van der Waals surface area contributed by atoms with E-state index in [1.54, 1.807) is 20.8 Å². The fraction of sp³-hybridized carbons (Fsp3) is 0.857. The number of carboxylic acids is 1. The molecule has 19 heavy (non-hydrogen) atoms. The molecule has 0 aromatic rings. The van der Waals surface area contributed by atoms with Crippen molar-refractivity contribution in [3.63, 3.8) is 0 Å². The molecule has 0 saturated heterocycles. The minimum absolute atomic E-state index is 0.129. The van der Waals surface area contributed by atoms with Gasteiger partial charge >= 0.3 is 11.9 Å². The molecule has 110 valence electrons. The van der Waals surface area contributed by atoms with Gasteiger partial charge in [-0.25, -0.2) is 9.59 Å². The summed E-state index contributed by atoms with van der Waals surface area (Å²) in [7, 11) is 0. The van der Waals surface area contributed by atoms with Gasteiger partial charge in [-0.05, 0) is 45.4 Å². The second-order valence-corrected chi connectivity index (χ2v) is 6.97. The number of carboxylic acid groups (broad SMARTS) is 1. The van der Waals surface area contributed by atoms with E-state index >= 15 is 0 Å². The summed E-state index contributed by atoms with van der Waals surface area (Å²) < 4.78 is 5.17. The van der Waals surface area contributed by atoms with Crippen LogP contribution in [0.3, 0.4) is 0 Å².